The molecule has 0 saturated carbocycles. The molecule has 0 aliphatic carbocycles. The number of hydrogen-bond donors (Lipinski definition) is 3. The Morgan fingerprint density at radius 2 is 1.96 bits per heavy atom. The number of nitrogens with one attached hydrogen (secondary N) is 1. The number of hydrogen-bond acceptors (Lipinski definition) is 10. The van der Waals surface area contributed by atoms with Gasteiger partial charge in [-0.05, 0) is 0 Å². The topological polar surface area (TPSA) is 186 Å². The maximum atomic E-state index is 11.6. The molecular formula is C11H15N4Na2O8P. The van der Waals surface area contributed by atoms with Gasteiger partial charge in [0.15, 0.2) is 17.4 Å². The van der Waals surface area contributed by atoms with Gasteiger partial charge in [-0.25, -0.2) is 9.97 Å². The summed E-state index contributed by atoms with van der Waals surface area (Å²) >= 11 is 0. The number of phosphoric ester groups is 1. The molecule has 0 radical (unpaired) electrons. The molecule has 0 bridgehead atoms. The van der Waals surface area contributed by atoms with E-state index in [1.54, 1.807) is 0 Å². The molecule has 1 aliphatic heterocycles. The second kappa shape index (κ2) is 10.2. The monoisotopic (exact) mass is 408 g/mol. The maximum Gasteiger partial charge on any atom is 1.00 e. The van der Waals surface area contributed by atoms with Gasteiger partial charge in [-0.3, -0.25) is 9.36 Å². The second-order valence-corrected chi connectivity index (χ2v) is 6.00. The zero-order valence-corrected chi connectivity index (χ0v) is 18.2. The average molecular weight is 408 g/mol. The minimum atomic E-state index is -5.24. The predicted molar refractivity (Wildman–Crippen MR) is 74.4 cm³/mol. The summed E-state index contributed by atoms with van der Waals surface area (Å²) in [5.41, 5.74) is -0.397. The van der Waals surface area contributed by atoms with Crippen molar-refractivity contribution in [3.05, 3.63) is 23.0 Å². The van der Waals surface area contributed by atoms with Crippen LogP contribution in [0.4, 0.5) is 0 Å². The van der Waals surface area contributed by atoms with Gasteiger partial charge >= 0.3 is 59.1 Å². The molecule has 1 aliphatic rings. The third kappa shape index (κ3) is 5.45. The number of aromatic nitrogens is 4. The van der Waals surface area contributed by atoms with Gasteiger partial charge in [0.25, 0.3) is 5.56 Å². The Morgan fingerprint density at radius 1 is 1.31 bits per heavy atom. The Kier molecular flexibility index (Phi) is 10.3. The van der Waals surface area contributed by atoms with E-state index < -0.39 is 44.5 Å². The molecule has 0 amide bonds. The normalized spacial score (nSPS) is 25.2. The van der Waals surface area contributed by atoms with Crippen LogP contribution in [0.2, 0.25) is 0 Å². The summed E-state index contributed by atoms with van der Waals surface area (Å²) in [7, 11) is -5.24. The average Bonchev–Trinajstić information content (AvgIpc) is 3.01. The van der Waals surface area contributed by atoms with Crippen molar-refractivity contribution in [2.24, 2.45) is 0 Å². The van der Waals surface area contributed by atoms with Gasteiger partial charge in [-0.2, -0.15) is 0 Å². The predicted octanol–water partition coefficient (Wildman–Crippen LogP) is -8.77. The van der Waals surface area contributed by atoms with E-state index in [4.69, 9.17) is 4.74 Å². The third-order valence-corrected chi connectivity index (χ3v) is 3.84. The molecule has 3 N–H and O–H groups in total. The number of H-pyrrole nitrogens is 1. The molecule has 26 heavy (non-hydrogen) atoms. The van der Waals surface area contributed by atoms with Gasteiger partial charge in [-0.15, -0.1) is 0 Å². The largest absolute Gasteiger partial charge is 1.00 e. The van der Waals surface area contributed by atoms with Crippen LogP contribution in [0.15, 0.2) is 17.4 Å². The van der Waals surface area contributed by atoms with Gasteiger partial charge in [-0.1, -0.05) is 7.43 Å². The van der Waals surface area contributed by atoms with Crippen LogP contribution in [0.25, 0.3) is 11.2 Å². The summed E-state index contributed by atoms with van der Waals surface area (Å²) in [4.78, 5) is 42.6. The minimum Gasteiger partial charge on any atom is -0.790 e. The fourth-order valence-corrected chi connectivity index (χ4v) is 2.64. The Hall–Kier alpha value is 0.340. The number of imidazole rings is 1. The first kappa shape index (κ1) is 26.3. The van der Waals surface area contributed by atoms with Crippen molar-refractivity contribution >= 4 is 19.0 Å². The number of rotatable bonds is 4. The summed E-state index contributed by atoms with van der Waals surface area (Å²) in [6.45, 7) is -0.750. The summed E-state index contributed by atoms with van der Waals surface area (Å²) < 4.78 is 21.1. The fraction of sp³-hybridized carbons (Fsp3) is 0.545. The Labute approximate surface area is 191 Å². The van der Waals surface area contributed by atoms with Crippen LogP contribution in [0.5, 0.6) is 0 Å². The molecule has 1 saturated heterocycles. The van der Waals surface area contributed by atoms with Crippen molar-refractivity contribution in [3.63, 3.8) is 0 Å². The fourth-order valence-electron chi connectivity index (χ4n) is 2.31. The van der Waals surface area contributed by atoms with Gasteiger partial charge in [0.2, 0.25) is 0 Å². The minimum absolute atomic E-state index is 0. The standard InChI is InChI=1S/C10H13N4O8P.CH4.2Na/c15-6-4(1-21-23(18,19)20)22-10(7(6)16)14-3-13-5-8(14)11-2-12-9(5)17;;;/h2-4,6-7,10,15-16H,1H2,(H,11,12,17)(H2,18,19,20);1H4;;/q;;2*+1/p-2/t4-,6-,7-,10-;;;/m1.../s1. The molecule has 3 rings (SSSR count). The molecule has 0 aromatic carbocycles. The van der Waals surface area contributed by atoms with Gasteiger partial charge < -0.3 is 38.8 Å². The third-order valence-electron chi connectivity index (χ3n) is 3.37. The van der Waals surface area contributed by atoms with E-state index in [1.807, 2.05) is 0 Å². The van der Waals surface area contributed by atoms with Crippen LogP contribution in [0.3, 0.4) is 0 Å². The number of aliphatic hydroxyl groups excluding tert-OH is 2. The molecule has 0 unspecified atom stereocenters. The van der Waals surface area contributed by atoms with Crippen LogP contribution in [0, 0.1) is 0 Å². The molecular weight excluding hydrogens is 393 g/mol. The van der Waals surface area contributed by atoms with E-state index in [-0.39, 0.29) is 77.7 Å². The van der Waals surface area contributed by atoms with E-state index in [9.17, 15) is 29.4 Å². The SMILES string of the molecule is C.O=c1[nH]cnc2c1ncn2[C@@H]1O[C@H](COP(=O)([O-])[O-])[C@@H](O)[C@H]1O.[Na+].[Na+]. The molecule has 15 heteroatoms. The Bertz CT molecular complexity index is 826. The summed E-state index contributed by atoms with van der Waals surface area (Å²) in [6, 6.07) is 0. The van der Waals surface area contributed by atoms with Crippen molar-refractivity contribution in [3.8, 4) is 0 Å². The number of fused-ring (bicyclic) bond motifs is 1. The van der Waals surface area contributed by atoms with Crippen LogP contribution in [0.1, 0.15) is 13.7 Å². The van der Waals surface area contributed by atoms with Crippen LogP contribution in [-0.4, -0.2) is 54.7 Å². The zero-order valence-electron chi connectivity index (χ0n) is 13.3. The Morgan fingerprint density at radius 3 is 2.58 bits per heavy atom. The van der Waals surface area contributed by atoms with E-state index >= 15 is 0 Å². The molecule has 0 spiro atoms. The van der Waals surface area contributed by atoms with Crippen molar-refractivity contribution in [1.82, 2.24) is 19.5 Å². The van der Waals surface area contributed by atoms with E-state index in [0.717, 1.165) is 6.33 Å². The Balaban J connectivity index is 0.00000208. The number of aromatic amines is 1. The molecule has 2 aromatic rings. The smallest absolute Gasteiger partial charge is 0.790 e. The molecule has 1 fully saturated rings. The molecule has 12 nitrogen and oxygen atoms in total. The summed E-state index contributed by atoms with van der Waals surface area (Å²) in [6.07, 6.45) is -3.11. The zero-order chi connectivity index (χ0) is 16.8. The first-order valence-electron chi connectivity index (χ1n) is 6.36. The molecule has 2 aromatic heterocycles. The molecule has 4 atom stereocenters. The van der Waals surface area contributed by atoms with Crippen molar-refractivity contribution in [2.75, 3.05) is 6.61 Å². The van der Waals surface area contributed by atoms with Crippen LogP contribution >= 0.6 is 7.82 Å². The van der Waals surface area contributed by atoms with Crippen molar-refractivity contribution < 1.29 is 92.9 Å². The van der Waals surface area contributed by atoms with E-state index in [0.29, 0.717) is 0 Å². The first-order chi connectivity index (χ1) is 10.8. The summed E-state index contributed by atoms with van der Waals surface area (Å²) in [5.74, 6) is 0. The molecule has 3 heterocycles. The first-order valence-corrected chi connectivity index (χ1v) is 7.82. The van der Waals surface area contributed by atoms with Gasteiger partial charge in [0.05, 0.1) is 27.1 Å². The van der Waals surface area contributed by atoms with E-state index in [1.165, 1.54) is 10.9 Å². The van der Waals surface area contributed by atoms with Gasteiger partial charge in [0.1, 0.15) is 18.3 Å². The maximum absolute atomic E-state index is 11.6. The second-order valence-electron chi connectivity index (χ2n) is 4.84. The summed E-state index contributed by atoms with van der Waals surface area (Å²) in [5, 5.41) is 19.9. The van der Waals surface area contributed by atoms with Gasteiger partial charge in [0, 0.05) is 0 Å². The number of aliphatic hydroxyl groups is 2. The molecule has 134 valence electrons. The van der Waals surface area contributed by atoms with Crippen molar-refractivity contribution in [2.45, 2.75) is 32.0 Å². The van der Waals surface area contributed by atoms with Crippen LogP contribution < -0.4 is 74.5 Å². The van der Waals surface area contributed by atoms with Crippen LogP contribution in [-0.2, 0) is 13.8 Å². The quantitative estimate of drug-likeness (QED) is 0.324. The van der Waals surface area contributed by atoms with Crippen molar-refractivity contribution in [1.29, 1.82) is 0 Å². The van der Waals surface area contributed by atoms with E-state index in [2.05, 4.69) is 19.5 Å². The number of nitrogens with zero attached hydrogens (tertiary/aromatic N) is 3. The number of ether oxygens (including phenoxy) is 1. The number of phosphoric acid groups is 1.